The Labute approximate surface area is 136 Å². The van der Waals surface area contributed by atoms with Crippen molar-refractivity contribution in [1.82, 2.24) is 10.6 Å². The van der Waals surface area contributed by atoms with Crippen LogP contribution in [-0.2, 0) is 4.74 Å². The molecule has 2 heterocycles. The minimum Gasteiger partial charge on any atom is -0.375 e. The second kappa shape index (κ2) is 7.01. The Kier molecular flexibility index (Phi) is 5.03. The van der Waals surface area contributed by atoms with E-state index >= 15 is 0 Å². The lowest BCUT2D eigenvalue weighted by molar-refractivity contribution is -0.0820. The van der Waals surface area contributed by atoms with Gasteiger partial charge in [-0.05, 0) is 54.0 Å². The molecule has 0 radical (unpaired) electrons. The Morgan fingerprint density at radius 1 is 1.50 bits per heavy atom. The van der Waals surface area contributed by atoms with Crippen LogP contribution < -0.4 is 10.6 Å². The van der Waals surface area contributed by atoms with Gasteiger partial charge in [-0.15, -0.1) is 0 Å². The van der Waals surface area contributed by atoms with Crippen LogP contribution in [0.25, 0.3) is 0 Å². The molecule has 1 saturated carbocycles. The highest BCUT2D eigenvalue weighted by molar-refractivity contribution is 7.07. The van der Waals surface area contributed by atoms with Gasteiger partial charge < -0.3 is 15.4 Å². The number of hydrogen-bond acceptors (Lipinski definition) is 3. The van der Waals surface area contributed by atoms with Crippen LogP contribution in [-0.4, -0.2) is 30.8 Å². The molecule has 1 aliphatic heterocycles. The van der Waals surface area contributed by atoms with E-state index in [0.29, 0.717) is 12.5 Å². The van der Waals surface area contributed by atoms with E-state index in [2.05, 4.69) is 34.4 Å². The zero-order chi connectivity index (χ0) is 15.4. The summed E-state index contributed by atoms with van der Waals surface area (Å²) < 4.78 is 6.01. The van der Waals surface area contributed by atoms with Gasteiger partial charge >= 0.3 is 6.03 Å². The standard InChI is InChI=1S/C17H26N2O2S/c1-13(14-5-9-22-12-14)11-18-16(20)19-15-4-8-21-17(10-15)6-2-3-7-17/h5,9,12-13,15H,2-4,6-8,10-11H2,1H3,(H2,18,19,20)/t13-,15+/m0/s1. The quantitative estimate of drug-likeness (QED) is 0.889. The van der Waals surface area contributed by atoms with Crippen molar-refractivity contribution in [3.8, 4) is 0 Å². The fourth-order valence-electron chi connectivity index (χ4n) is 3.67. The Balaban J connectivity index is 1.43. The summed E-state index contributed by atoms with van der Waals surface area (Å²) in [7, 11) is 0. The molecule has 1 saturated heterocycles. The summed E-state index contributed by atoms with van der Waals surface area (Å²) in [6.45, 7) is 3.59. The lowest BCUT2D eigenvalue weighted by atomic mass is 9.89. The zero-order valence-corrected chi connectivity index (χ0v) is 14.1. The number of thiophene rings is 1. The summed E-state index contributed by atoms with van der Waals surface area (Å²) in [6.07, 6.45) is 6.73. The summed E-state index contributed by atoms with van der Waals surface area (Å²) in [4.78, 5) is 12.1. The largest absolute Gasteiger partial charge is 0.375 e. The summed E-state index contributed by atoms with van der Waals surface area (Å²) >= 11 is 1.70. The Morgan fingerprint density at radius 3 is 3.05 bits per heavy atom. The molecular weight excluding hydrogens is 296 g/mol. The molecule has 1 aromatic rings. The Hall–Kier alpha value is -1.07. The van der Waals surface area contributed by atoms with Crippen molar-refractivity contribution >= 4 is 17.4 Å². The maximum Gasteiger partial charge on any atom is 0.315 e. The second-order valence-corrected chi connectivity index (χ2v) is 7.52. The summed E-state index contributed by atoms with van der Waals surface area (Å²) in [5.74, 6) is 0.355. The van der Waals surface area contributed by atoms with Gasteiger partial charge in [0, 0.05) is 19.2 Å². The van der Waals surface area contributed by atoms with Crippen LogP contribution in [0.15, 0.2) is 16.8 Å². The number of carbonyl (C=O) groups excluding carboxylic acids is 1. The van der Waals surface area contributed by atoms with E-state index in [1.54, 1.807) is 11.3 Å². The maximum atomic E-state index is 12.1. The predicted molar refractivity (Wildman–Crippen MR) is 89.4 cm³/mol. The highest BCUT2D eigenvalue weighted by Crippen LogP contribution is 2.39. The Morgan fingerprint density at radius 2 is 2.32 bits per heavy atom. The van der Waals surface area contributed by atoms with Gasteiger partial charge in [0.05, 0.1) is 5.60 Å². The van der Waals surface area contributed by atoms with E-state index in [1.165, 1.54) is 18.4 Å². The molecule has 22 heavy (non-hydrogen) atoms. The van der Waals surface area contributed by atoms with Gasteiger partial charge in [0.2, 0.25) is 0 Å². The zero-order valence-electron chi connectivity index (χ0n) is 13.3. The van der Waals surface area contributed by atoms with Gasteiger partial charge in [0.15, 0.2) is 0 Å². The molecule has 1 aliphatic carbocycles. The van der Waals surface area contributed by atoms with Gasteiger partial charge in [0.1, 0.15) is 0 Å². The average Bonchev–Trinajstić information content (AvgIpc) is 3.17. The molecule has 2 N–H and O–H groups in total. The lowest BCUT2D eigenvalue weighted by Crippen LogP contribution is -2.50. The molecule has 5 heteroatoms. The van der Waals surface area contributed by atoms with Gasteiger partial charge in [0.25, 0.3) is 0 Å². The number of rotatable bonds is 4. The SMILES string of the molecule is C[C@@H](CNC(=O)N[C@@H]1CCOC2(CCCC2)C1)c1ccsc1. The Bertz CT molecular complexity index is 483. The van der Waals surface area contributed by atoms with E-state index < -0.39 is 0 Å². The number of urea groups is 1. The van der Waals surface area contributed by atoms with Crippen LogP contribution in [0.3, 0.4) is 0 Å². The molecule has 1 aromatic heterocycles. The topological polar surface area (TPSA) is 50.4 Å². The summed E-state index contributed by atoms with van der Waals surface area (Å²) in [5, 5.41) is 10.4. The van der Waals surface area contributed by atoms with E-state index in [1.807, 2.05) is 0 Å². The molecule has 0 bridgehead atoms. The van der Waals surface area contributed by atoms with Crippen LogP contribution in [0, 0.1) is 0 Å². The monoisotopic (exact) mass is 322 g/mol. The molecule has 3 rings (SSSR count). The van der Waals surface area contributed by atoms with Gasteiger partial charge in [-0.3, -0.25) is 0 Å². The van der Waals surface area contributed by atoms with Crippen molar-refractivity contribution in [2.75, 3.05) is 13.2 Å². The highest BCUT2D eigenvalue weighted by Gasteiger charge is 2.40. The molecule has 4 nitrogen and oxygen atoms in total. The maximum absolute atomic E-state index is 12.1. The van der Waals surface area contributed by atoms with E-state index in [-0.39, 0.29) is 17.7 Å². The van der Waals surface area contributed by atoms with Crippen molar-refractivity contribution in [1.29, 1.82) is 0 Å². The second-order valence-electron chi connectivity index (χ2n) is 6.74. The fraction of sp³-hybridized carbons (Fsp3) is 0.706. The normalized spacial score (nSPS) is 25.0. The van der Waals surface area contributed by atoms with Crippen molar-refractivity contribution < 1.29 is 9.53 Å². The van der Waals surface area contributed by atoms with Crippen molar-refractivity contribution in [3.63, 3.8) is 0 Å². The van der Waals surface area contributed by atoms with Crippen molar-refractivity contribution in [2.24, 2.45) is 0 Å². The number of ether oxygens (including phenoxy) is 1. The third-order valence-corrected chi connectivity index (χ3v) is 5.73. The molecular formula is C17H26N2O2S. The number of hydrogen-bond donors (Lipinski definition) is 2. The van der Waals surface area contributed by atoms with Gasteiger partial charge in [-0.2, -0.15) is 11.3 Å². The third kappa shape index (κ3) is 3.82. The van der Waals surface area contributed by atoms with Crippen LogP contribution in [0.5, 0.6) is 0 Å². The molecule has 122 valence electrons. The van der Waals surface area contributed by atoms with E-state index in [4.69, 9.17) is 4.74 Å². The first-order chi connectivity index (χ1) is 10.7. The molecule has 2 aliphatic rings. The van der Waals surface area contributed by atoms with Gasteiger partial charge in [-0.25, -0.2) is 4.79 Å². The average molecular weight is 322 g/mol. The van der Waals surface area contributed by atoms with E-state index in [0.717, 1.165) is 32.3 Å². The molecule has 1 spiro atoms. The third-order valence-electron chi connectivity index (χ3n) is 5.02. The van der Waals surface area contributed by atoms with E-state index in [9.17, 15) is 4.79 Å². The molecule has 0 aromatic carbocycles. The minimum atomic E-state index is -0.0397. The smallest absolute Gasteiger partial charge is 0.315 e. The lowest BCUT2D eigenvalue weighted by Gasteiger charge is -2.38. The van der Waals surface area contributed by atoms with Crippen molar-refractivity contribution in [3.05, 3.63) is 22.4 Å². The molecule has 0 unspecified atom stereocenters. The minimum absolute atomic E-state index is 0.0397. The summed E-state index contributed by atoms with van der Waals surface area (Å²) in [5.41, 5.74) is 1.35. The first-order valence-electron chi connectivity index (χ1n) is 8.37. The van der Waals surface area contributed by atoms with Crippen LogP contribution in [0.2, 0.25) is 0 Å². The fourth-order valence-corrected chi connectivity index (χ4v) is 4.46. The van der Waals surface area contributed by atoms with Crippen LogP contribution in [0.1, 0.15) is 56.9 Å². The summed E-state index contributed by atoms with van der Waals surface area (Å²) in [6, 6.07) is 2.34. The van der Waals surface area contributed by atoms with Crippen molar-refractivity contribution in [2.45, 2.75) is 63.0 Å². The van der Waals surface area contributed by atoms with Crippen LogP contribution in [0.4, 0.5) is 4.79 Å². The predicted octanol–water partition coefficient (Wildman–Crippen LogP) is 3.64. The first-order valence-corrected chi connectivity index (χ1v) is 9.32. The number of amides is 2. The highest BCUT2D eigenvalue weighted by atomic mass is 32.1. The van der Waals surface area contributed by atoms with Gasteiger partial charge in [-0.1, -0.05) is 19.8 Å². The van der Waals surface area contributed by atoms with Crippen LogP contribution >= 0.6 is 11.3 Å². The molecule has 2 fully saturated rings. The first kappa shape index (κ1) is 15.8. The number of nitrogens with one attached hydrogen (secondary N) is 2. The molecule has 2 amide bonds. The number of carbonyl (C=O) groups is 1. The molecule has 2 atom stereocenters.